The van der Waals surface area contributed by atoms with Crippen molar-refractivity contribution in [1.82, 2.24) is 15.1 Å². The Hall–Kier alpha value is -4.19. The van der Waals surface area contributed by atoms with Gasteiger partial charge in [0, 0.05) is 24.7 Å². The van der Waals surface area contributed by atoms with Crippen molar-refractivity contribution < 1.29 is 37.5 Å². The Morgan fingerprint density at radius 1 is 0.919 bits per heavy atom. The summed E-state index contributed by atoms with van der Waals surface area (Å²) in [4.78, 5) is 53.8. The first-order valence-corrected chi connectivity index (χ1v) is 11.9. The van der Waals surface area contributed by atoms with E-state index in [0.29, 0.717) is 10.9 Å². The lowest BCUT2D eigenvalue weighted by molar-refractivity contribution is -0.138. The molecule has 8 nitrogen and oxygen atoms in total. The Bertz CT molecular complexity index is 1310. The summed E-state index contributed by atoms with van der Waals surface area (Å²) in [6.45, 7) is -0.176. The van der Waals surface area contributed by atoms with Crippen molar-refractivity contribution in [3.63, 3.8) is 0 Å². The molecule has 0 bridgehead atoms. The maximum Gasteiger partial charge on any atom is 0.305 e. The number of amides is 3. The minimum Gasteiger partial charge on any atom is -0.481 e. The Labute approximate surface area is 212 Å². The molecule has 1 aliphatic heterocycles. The smallest absolute Gasteiger partial charge is 0.305 e. The first kappa shape index (κ1) is 25.9. The van der Waals surface area contributed by atoms with Gasteiger partial charge in [0.2, 0.25) is 0 Å². The monoisotopic (exact) mass is 531 g/mol. The number of thiophene rings is 1. The number of carboxylic acids is 1. The Balaban J connectivity index is 1.68. The number of carbonyl (C=O) groups is 4. The van der Waals surface area contributed by atoms with Crippen LogP contribution in [0.25, 0.3) is 0 Å². The molecule has 2 N–H and O–H groups in total. The zero-order valence-corrected chi connectivity index (χ0v) is 19.9. The molecule has 2 aromatic carbocycles. The Morgan fingerprint density at radius 3 is 2.11 bits per heavy atom. The molecule has 1 fully saturated rings. The molecule has 0 radical (unpaired) electrons. The molecule has 4 rings (SSSR count). The van der Waals surface area contributed by atoms with E-state index in [1.807, 2.05) is 0 Å². The fourth-order valence-electron chi connectivity index (χ4n) is 4.09. The number of aliphatic carboxylic acids is 1. The SMILES string of the molecule is O=C(O)CC(NC(=O)C1N(C(=O)c2cc(F)cc(F)c2)CCN1C(=O)c1cccs1)c1ccc(F)cc1. The fraction of sp³-hybridized carbons (Fsp3) is 0.200. The lowest BCUT2D eigenvalue weighted by Gasteiger charge is -2.30. The van der Waals surface area contributed by atoms with Crippen molar-refractivity contribution in [1.29, 1.82) is 0 Å². The molecule has 12 heteroatoms. The van der Waals surface area contributed by atoms with Gasteiger partial charge in [-0.2, -0.15) is 0 Å². The number of rotatable bonds is 7. The summed E-state index contributed by atoms with van der Waals surface area (Å²) in [6, 6.07) is 9.12. The van der Waals surface area contributed by atoms with Crippen LogP contribution in [0.3, 0.4) is 0 Å². The van der Waals surface area contributed by atoms with Crippen LogP contribution in [-0.2, 0) is 9.59 Å². The number of carboxylic acid groups (broad SMARTS) is 1. The second-order valence-electron chi connectivity index (χ2n) is 8.22. The average Bonchev–Trinajstić information content (AvgIpc) is 3.53. The molecule has 2 unspecified atom stereocenters. The third-order valence-corrected chi connectivity index (χ3v) is 6.60. The first-order chi connectivity index (χ1) is 17.6. The van der Waals surface area contributed by atoms with Gasteiger partial charge in [0.15, 0.2) is 6.17 Å². The van der Waals surface area contributed by atoms with Crippen LogP contribution >= 0.6 is 11.3 Å². The quantitative estimate of drug-likeness (QED) is 0.486. The predicted octanol–water partition coefficient (Wildman–Crippen LogP) is 3.42. The normalized spacial score (nSPS) is 15.9. The third kappa shape index (κ3) is 5.80. The lowest BCUT2D eigenvalue weighted by atomic mass is 10.0. The van der Waals surface area contributed by atoms with Gasteiger partial charge in [-0.15, -0.1) is 11.3 Å². The van der Waals surface area contributed by atoms with E-state index in [4.69, 9.17) is 0 Å². The number of hydrogen-bond acceptors (Lipinski definition) is 5. The zero-order valence-electron chi connectivity index (χ0n) is 19.1. The van der Waals surface area contributed by atoms with E-state index >= 15 is 0 Å². The highest BCUT2D eigenvalue weighted by molar-refractivity contribution is 7.12. The molecule has 3 aromatic rings. The van der Waals surface area contributed by atoms with Gasteiger partial charge in [0.1, 0.15) is 17.5 Å². The van der Waals surface area contributed by atoms with E-state index in [9.17, 15) is 37.5 Å². The van der Waals surface area contributed by atoms with Crippen LogP contribution in [-0.4, -0.2) is 57.9 Å². The highest BCUT2D eigenvalue weighted by Gasteiger charge is 2.44. The number of halogens is 3. The molecule has 0 spiro atoms. The molecule has 0 aliphatic carbocycles. The highest BCUT2D eigenvalue weighted by Crippen LogP contribution is 2.25. The molecule has 1 aliphatic rings. The van der Waals surface area contributed by atoms with Gasteiger partial charge in [0.25, 0.3) is 17.7 Å². The summed E-state index contributed by atoms with van der Waals surface area (Å²) in [7, 11) is 0. The van der Waals surface area contributed by atoms with Crippen LogP contribution in [0, 0.1) is 17.5 Å². The van der Waals surface area contributed by atoms with Crippen molar-refractivity contribution in [3.8, 4) is 0 Å². The van der Waals surface area contributed by atoms with Crippen molar-refractivity contribution in [2.45, 2.75) is 18.6 Å². The average molecular weight is 532 g/mol. The predicted molar refractivity (Wildman–Crippen MR) is 126 cm³/mol. The van der Waals surface area contributed by atoms with Crippen LogP contribution in [0.2, 0.25) is 0 Å². The minimum atomic E-state index is -1.54. The van der Waals surface area contributed by atoms with Crippen LogP contribution in [0.15, 0.2) is 60.0 Å². The zero-order chi connectivity index (χ0) is 26.7. The summed E-state index contributed by atoms with van der Waals surface area (Å²) in [5, 5.41) is 13.6. The molecular weight excluding hydrogens is 511 g/mol. The number of nitrogens with one attached hydrogen (secondary N) is 1. The summed E-state index contributed by atoms with van der Waals surface area (Å²) in [6.07, 6.45) is -2.10. The molecular formula is C25H20F3N3O5S. The molecule has 2 atom stereocenters. The van der Waals surface area contributed by atoms with Crippen LogP contribution in [0.1, 0.15) is 38.1 Å². The number of benzene rings is 2. The van der Waals surface area contributed by atoms with E-state index in [2.05, 4.69) is 5.32 Å². The molecule has 2 heterocycles. The van der Waals surface area contributed by atoms with E-state index in [1.54, 1.807) is 17.5 Å². The molecule has 1 aromatic heterocycles. The highest BCUT2D eigenvalue weighted by atomic mass is 32.1. The summed E-state index contributed by atoms with van der Waals surface area (Å²) >= 11 is 1.12. The van der Waals surface area contributed by atoms with Gasteiger partial charge in [0.05, 0.1) is 17.3 Å². The largest absolute Gasteiger partial charge is 0.481 e. The second kappa shape index (κ2) is 10.8. The first-order valence-electron chi connectivity index (χ1n) is 11.0. The number of nitrogens with zero attached hydrogens (tertiary/aromatic N) is 2. The van der Waals surface area contributed by atoms with Gasteiger partial charge < -0.3 is 20.2 Å². The van der Waals surface area contributed by atoms with Gasteiger partial charge in [-0.05, 0) is 41.3 Å². The topological polar surface area (TPSA) is 107 Å². The summed E-state index contributed by atoms with van der Waals surface area (Å²) < 4.78 is 41.0. The van der Waals surface area contributed by atoms with E-state index in [-0.39, 0.29) is 24.2 Å². The molecule has 3 amide bonds. The maximum atomic E-state index is 13.8. The second-order valence-corrected chi connectivity index (χ2v) is 9.16. The minimum absolute atomic E-state index is 0.0570. The molecule has 1 saturated heterocycles. The van der Waals surface area contributed by atoms with E-state index in [0.717, 1.165) is 45.4 Å². The molecule has 192 valence electrons. The van der Waals surface area contributed by atoms with Crippen LogP contribution < -0.4 is 5.32 Å². The van der Waals surface area contributed by atoms with Gasteiger partial charge in [-0.3, -0.25) is 19.2 Å². The van der Waals surface area contributed by atoms with Gasteiger partial charge >= 0.3 is 5.97 Å². The van der Waals surface area contributed by atoms with E-state index in [1.165, 1.54) is 12.1 Å². The van der Waals surface area contributed by atoms with Crippen LogP contribution in [0.5, 0.6) is 0 Å². The van der Waals surface area contributed by atoms with Crippen molar-refractivity contribution >= 4 is 35.0 Å². The Morgan fingerprint density at radius 2 is 1.54 bits per heavy atom. The third-order valence-electron chi connectivity index (χ3n) is 5.74. The van der Waals surface area contributed by atoms with Gasteiger partial charge in [-0.25, -0.2) is 13.2 Å². The number of carbonyl (C=O) groups excluding carboxylic acids is 3. The van der Waals surface area contributed by atoms with Crippen molar-refractivity contribution in [2.24, 2.45) is 0 Å². The fourth-order valence-corrected chi connectivity index (χ4v) is 4.77. The van der Waals surface area contributed by atoms with E-state index < -0.39 is 59.8 Å². The Kier molecular flexibility index (Phi) is 7.58. The number of hydrogen-bond donors (Lipinski definition) is 2. The standard InChI is InChI=1S/C25H20F3N3O5S/c26-16-5-3-14(4-6-16)19(13-21(32)33)29-22(34)23-30(24(35)15-10-17(27)12-18(28)11-15)7-8-31(23)25(36)20-2-1-9-37-20/h1-6,9-12,19,23H,7-8,13H2,(H,29,34)(H,32,33). The molecule has 0 saturated carbocycles. The van der Waals surface area contributed by atoms with Gasteiger partial charge in [-0.1, -0.05) is 18.2 Å². The summed E-state index contributed by atoms with van der Waals surface area (Å²) in [5.41, 5.74) is -0.0716. The van der Waals surface area contributed by atoms with Crippen molar-refractivity contribution in [2.75, 3.05) is 13.1 Å². The van der Waals surface area contributed by atoms with Crippen LogP contribution in [0.4, 0.5) is 13.2 Å². The van der Waals surface area contributed by atoms with Crippen molar-refractivity contribution in [3.05, 3.63) is 93.4 Å². The maximum absolute atomic E-state index is 13.8. The molecule has 37 heavy (non-hydrogen) atoms. The lowest BCUT2D eigenvalue weighted by Crippen LogP contribution is -2.54. The summed E-state index contributed by atoms with van der Waals surface area (Å²) in [5.74, 6) is -6.13.